The Labute approximate surface area is 168 Å². The van der Waals surface area contributed by atoms with Gasteiger partial charge in [-0.2, -0.15) is 5.10 Å². The zero-order valence-corrected chi connectivity index (χ0v) is 16.4. The third kappa shape index (κ3) is 4.95. The lowest BCUT2D eigenvalue weighted by Gasteiger charge is -2.04. The van der Waals surface area contributed by atoms with Crippen molar-refractivity contribution in [3.63, 3.8) is 0 Å². The standard InChI is InChI=1S/C22H21N3O4/c1-14-4-8-19(20(10-14)25(27)28)21-9-7-18(29-21)13-23-24-22(26)12-17-6-5-15(2)16(3)11-17/h4-11,13H,12H2,1-3H3,(H,24,26)/b23-13-. The topological polar surface area (TPSA) is 97.7 Å². The van der Waals surface area contributed by atoms with Gasteiger partial charge in [0.2, 0.25) is 5.91 Å². The summed E-state index contributed by atoms with van der Waals surface area (Å²) in [6, 6.07) is 14.1. The number of hydrazone groups is 1. The van der Waals surface area contributed by atoms with E-state index in [9.17, 15) is 14.9 Å². The van der Waals surface area contributed by atoms with Crippen molar-refractivity contribution < 1.29 is 14.1 Å². The highest BCUT2D eigenvalue weighted by Gasteiger charge is 2.18. The van der Waals surface area contributed by atoms with Crippen molar-refractivity contribution >= 4 is 17.8 Å². The van der Waals surface area contributed by atoms with Gasteiger partial charge >= 0.3 is 0 Å². The molecule has 0 bridgehead atoms. The molecule has 0 unspecified atom stereocenters. The van der Waals surface area contributed by atoms with Crippen LogP contribution >= 0.6 is 0 Å². The minimum absolute atomic E-state index is 0.0236. The van der Waals surface area contributed by atoms with E-state index in [1.54, 1.807) is 31.2 Å². The normalized spacial score (nSPS) is 11.0. The Kier molecular flexibility index (Phi) is 5.87. The lowest BCUT2D eigenvalue weighted by atomic mass is 10.0. The summed E-state index contributed by atoms with van der Waals surface area (Å²) in [6.07, 6.45) is 1.58. The molecule has 3 aromatic rings. The van der Waals surface area contributed by atoms with E-state index in [-0.39, 0.29) is 18.0 Å². The van der Waals surface area contributed by atoms with Crippen LogP contribution in [-0.2, 0) is 11.2 Å². The van der Waals surface area contributed by atoms with Gasteiger partial charge in [-0.05, 0) is 61.2 Å². The fraction of sp³-hybridized carbons (Fsp3) is 0.182. The zero-order chi connectivity index (χ0) is 21.0. The van der Waals surface area contributed by atoms with Crippen molar-refractivity contribution in [2.24, 2.45) is 5.10 Å². The molecular weight excluding hydrogens is 370 g/mol. The smallest absolute Gasteiger partial charge is 0.280 e. The molecule has 2 aromatic carbocycles. The lowest BCUT2D eigenvalue weighted by Crippen LogP contribution is -2.19. The SMILES string of the molecule is Cc1ccc(-c2ccc(/C=N\NC(=O)Cc3ccc(C)c(C)c3)o2)c([N+](=O)[O-])c1. The van der Waals surface area contributed by atoms with E-state index in [2.05, 4.69) is 10.5 Å². The van der Waals surface area contributed by atoms with Gasteiger partial charge in [-0.15, -0.1) is 0 Å². The Morgan fingerprint density at radius 2 is 1.90 bits per heavy atom. The molecule has 7 heteroatoms. The molecule has 0 aliphatic rings. The van der Waals surface area contributed by atoms with Crippen LogP contribution in [-0.4, -0.2) is 17.0 Å². The molecule has 0 saturated carbocycles. The maximum absolute atomic E-state index is 12.0. The highest BCUT2D eigenvalue weighted by Crippen LogP contribution is 2.31. The third-order valence-corrected chi connectivity index (χ3v) is 4.56. The first kappa shape index (κ1) is 20.0. The number of nitro groups is 1. The van der Waals surface area contributed by atoms with Gasteiger partial charge in [0.15, 0.2) is 0 Å². The minimum Gasteiger partial charge on any atom is -0.455 e. The number of benzene rings is 2. The van der Waals surface area contributed by atoms with Crippen molar-refractivity contribution in [2.75, 3.05) is 0 Å². The first-order valence-corrected chi connectivity index (χ1v) is 9.07. The van der Waals surface area contributed by atoms with E-state index in [1.165, 1.54) is 17.8 Å². The van der Waals surface area contributed by atoms with Gasteiger partial charge in [0.25, 0.3) is 5.69 Å². The molecule has 1 aromatic heterocycles. The van der Waals surface area contributed by atoms with E-state index < -0.39 is 4.92 Å². The predicted molar refractivity (Wildman–Crippen MR) is 111 cm³/mol. The molecular formula is C22H21N3O4. The quantitative estimate of drug-likeness (QED) is 0.381. The number of carbonyl (C=O) groups excluding carboxylic acids is 1. The van der Waals surface area contributed by atoms with E-state index in [0.717, 1.165) is 16.7 Å². The van der Waals surface area contributed by atoms with Gasteiger partial charge in [0, 0.05) is 6.07 Å². The zero-order valence-electron chi connectivity index (χ0n) is 16.4. The molecule has 1 heterocycles. The average Bonchev–Trinajstić information content (AvgIpc) is 3.13. The summed E-state index contributed by atoms with van der Waals surface area (Å²) in [6.45, 7) is 5.81. The highest BCUT2D eigenvalue weighted by molar-refractivity contribution is 5.82. The number of amides is 1. The number of furan rings is 1. The Hall–Kier alpha value is -3.74. The van der Waals surface area contributed by atoms with Gasteiger partial charge in [-0.25, -0.2) is 5.43 Å². The average molecular weight is 391 g/mol. The Balaban J connectivity index is 1.66. The number of hydrogen-bond donors (Lipinski definition) is 1. The summed E-state index contributed by atoms with van der Waals surface area (Å²) in [4.78, 5) is 22.9. The number of carbonyl (C=O) groups is 1. The minimum atomic E-state index is -0.439. The highest BCUT2D eigenvalue weighted by atomic mass is 16.6. The van der Waals surface area contributed by atoms with Crippen LogP contribution in [0, 0.1) is 30.9 Å². The number of hydrogen-bond acceptors (Lipinski definition) is 5. The summed E-state index contributed by atoms with van der Waals surface area (Å²) in [5, 5.41) is 15.2. The van der Waals surface area contributed by atoms with Crippen molar-refractivity contribution in [3.8, 4) is 11.3 Å². The van der Waals surface area contributed by atoms with E-state index in [1.807, 2.05) is 32.0 Å². The van der Waals surface area contributed by atoms with Crippen molar-refractivity contribution in [3.05, 3.63) is 86.7 Å². The monoisotopic (exact) mass is 391 g/mol. The maximum Gasteiger partial charge on any atom is 0.280 e. The largest absolute Gasteiger partial charge is 0.455 e. The molecule has 7 nitrogen and oxygen atoms in total. The number of nitrogens with zero attached hydrogens (tertiary/aromatic N) is 2. The fourth-order valence-corrected chi connectivity index (χ4v) is 2.87. The van der Waals surface area contributed by atoms with Gasteiger partial charge in [0.05, 0.1) is 23.1 Å². The second-order valence-electron chi connectivity index (χ2n) is 6.87. The first-order chi connectivity index (χ1) is 13.8. The Bertz CT molecular complexity index is 1100. The fourth-order valence-electron chi connectivity index (χ4n) is 2.87. The lowest BCUT2D eigenvalue weighted by molar-refractivity contribution is -0.384. The van der Waals surface area contributed by atoms with Crippen molar-refractivity contribution in [1.82, 2.24) is 5.43 Å². The molecule has 3 rings (SSSR count). The molecule has 0 aliphatic carbocycles. The van der Waals surface area contributed by atoms with Crippen LogP contribution in [0.25, 0.3) is 11.3 Å². The molecule has 0 radical (unpaired) electrons. The van der Waals surface area contributed by atoms with Crippen LogP contribution in [0.2, 0.25) is 0 Å². The summed E-state index contributed by atoms with van der Waals surface area (Å²) in [5.74, 6) is 0.492. The van der Waals surface area contributed by atoms with Crippen molar-refractivity contribution in [1.29, 1.82) is 0 Å². The molecule has 1 N–H and O–H groups in total. The van der Waals surface area contributed by atoms with Gasteiger partial charge in [-0.1, -0.05) is 24.3 Å². The first-order valence-electron chi connectivity index (χ1n) is 9.07. The number of nitro benzene ring substituents is 1. The van der Waals surface area contributed by atoms with Crippen LogP contribution in [0.15, 0.2) is 58.0 Å². The maximum atomic E-state index is 12.0. The van der Waals surface area contributed by atoms with E-state index in [0.29, 0.717) is 17.1 Å². The number of nitrogens with one attached hydrogen (secondary N) is 1. The van der Waals surface area contributed by atoms with Gasteiger partial charge in [-0.3, -0.25) is 14.9 Å². The van der Waals surface area contributed by atoms with Crippen LogP contribution in [0.3, 0.4) is 0 Å². The number of rotatable bonds is 6. The molecule has 148 valence electrons. The summed E-state index contributed by atoms with van der Waals surface area (Å²) in [5.41, 5.74) is 6.84. The van der Waals surface area contributed by atoms with Crippen LogP contribution < -0.4 is 5.43 Å². The second kappa shape index (κ2) is 8.52. The molecule has 1 amide bonds. The molecule has 0 aliphatic heterocycles. The summed E-state index contributed by atoms with van der Waals surface area (Å²) >= 11 is 0. The van der Waals surface area contributed by atoms with Gasteiger partial charge < -0.3 is 4.42 Å². The number of aryl methyl sites for hydroxylation is 3. The predicted octanol–water partition coefficient (Wildman–Crippen LogP) is 4.47. The summed E-state index contributed by atoms with van der Waals surface area (Å²) in [7, 11) is 0. The summed E-state index contributed by atoms with van der Waals surface area (Å²) < 4.78 is 5.62. The Morgan fingerprint density at radius 1 is 1.10 bits per heavy atom. The molecule has 0 atom stereocenters. The van der Waals surface area contributed by atoms with Crippen LogP contribution in [0.5, 0.6) is 0 Å². The molecule has 0 spiro atoms. The van der Waals surface area contributed by atoms with Gasteiger partial charge in [0.1, 0.15) is 11.5 Å². The third-order valence-electron chi connectivity index (χ3n) is 4.56. The molecule has 0 fully saturated rings. The van der Waals surface area contributed by atoms with E-state index in [4.69, 9.17) is 4.42 Å². The molecule has 0 saturated heterocycles. The second-order valence-corrected chi connectivity index (χ2v) is 6.87. The van der Waals surface area contributed by atoms with Crippen molar-refractivity contribution in [2.45, 2.75) is 27.2 Å². The Morgan fingerprint density at radius 3 is 2.62 bits per heavy atom. The molecule has 29 heavy (non-hydrogen) atoms. The van der Waals surface area contributed by atoms with E-state index >= 15 is 0 Å². The van der Waals surface area contributed by atoms with Crippen LogP contribution in [0.1, 0.15) is 28.0 Å². The van der Waals surface area contributed by atoms with Crippen LogP contribution in [0.4, 0.5) is 5.69 Å².